The highest BCUT2D eigenvalue weighted by molar-refractivity contribution is 6.23. The van der Waals surface area contributed by atoms with Crippen molar-refractivity contribution in [2.75, 3.05) is 23.5 Å². The van der Waals surface area contributed by atoms with E-state index in [-0.39, 0.29) is 54.4 Å². The molecule has 3 amide bonds. The van der Waals surface area contributed by atoms with Crippen molar-refractivity contribution in [3.05, 3.63) is 60.2 Å². The number of hydrogen-bond donors (Lipinski definition) is 0. The highest BCUT2D eigenvalue weighted by Gasteiger charge is 2.67. The van der Waals surface area contributed by atoms with Gasteiger partial charge in [0.25, 0.3) is 0 Å². The van der Waals surface area contributed by atoms with E-state index in [1.807, 2.05) is 19.1 Å². The van der Waals surface area contributed by atoms with E-state index in [1.54, 1.807) is 35.2 Å². The quantitative estimate of drug-likeness (QED) is 0.263. The largest absolute Gasteiger partial charge is 0.495 e. The fourth-order valence-electron chi connectivity index (χ4n) is 7.29. The van der Waals surface area contributed by atoms with Gasteiger partial charge in [-0.15, -0.1) is 0 Å². The Balaban J connectivity index is 1.07. The molecule has 38 heavy (non-hydrogen) atoms. The van der Waals surface area contributed by atoms with Gasteiger partial charge in [-0.3, -0.25) is 19.2 Å². The zero-order chi connectivity index (χ0) is 26.3. The first kappa shape index (κ1) is 23.2. The number of methoxy groups -OCH3 is 1. The molecule has 4 aliphatic carbocycles. The molecule has 0 spiro atoms. The number of aryl methyl sites for hydroxylation is 1. The van der Waals surface area contributed by atoms with E-state index in [0.717, 1.165) is 6.42 Å². The Morgan fingerprint density at radius 1 is 0.921 bits per heavy atom. The molecule has 6 aliphatic rings. The van der Waals surface area contributed by atoms with Crippen molar-refractivity contribution in [1.82, 2.24) is 0 Å². The van der Waals surface area contributed by atoms with E-state index < -0.39 is 11.9 Å². The van der Waals surface area contributed by atoms with E-state index in [1.165, 1.54) is 12.0 Å². The Labute approximate surface area is 220 Å². The van der Waals surface area contributed by atoms with Crippen LogP contribution in [0, 0.1) is 48.3 Å². The number of rotatable bonds is 5. The summed E-state index contributed by atoms with van der Waals surface area (Å²) in [4.78, 5) is 55.5. The monoisotopic (exact) mass is 512 g/mol. The van der Waals surface area contributed by atoms with Gasteiger partial charge in [0.05, 0.1) is 36.2 Å². The zero-order valence-electron chi connectivity index (χ0n) is 21.2. The molecule has 0 radical (unpaired) electrons. The number of ether oxygens (including phenoxy) is 2. The Bertz CT molecular complexity index is 1400. The molecule has 2 bridgehead atoms. The maximum absolute atomic E-state index is 13.5. The van der Waals surface area contributed by atoms with Crippen LogP contribution in [0.2, 0.25) is 0 Å². The minimum Gasteiger partial charge on any atom is -0.495 e. The van der Waals surface area contributed by atoms with E-state index in [4.69, 9.17) is 9.47 Å². The highest BCUT2D eigenvalue weighted by Crippen LogP contribution is 2.65. The number of benzene rings is 2. The van der Waals surface area contributed by atoms with Crippen LogP contribution in [0.15, 0.2) is 54.6 Å². The van der Waals surface area contributed by atoms with Crippen molar-refractivity contribution in [1.29, 1.82) is 0 Å². The summed E-state index contributed by atoms with van der Waals surface area (Å²) in [6.45, 7) is 2.01. The zero-order valence-corrected chi connectivity index (χ0v) is 21.2. The van der Waals surface area contributed by atoms with Gasteiger partial charge in [0, 0.05) is 13.0 Å². The maximum Gasteiger partial charge on any atom is 0.316 e. The average molecular weight is 513 g/mol. The lowest BCUT2D eigenvalue weighted by atomic mass is 9.63. The minimum atomic E-state index is -0.619. The molecule has 0 aromatic heterocycles. The molecule has 194 valence electrons. The summed E-state index contributed by atoms with van der Waals surface area (Å²) in [6.07, 6.45) is 5.49. The number of nitrogens with zero attached hydrogens (tertiary/aromatic N) is 2. The van der Waals surface area contributed by atoms with Gasteiger partial charge in [0.2, 0.25) is 17.7 Å². The van der Waals surface area contributed by atoms with Gasteiger partial charge in [0.1, 0.15) is 11.5 Å². The number of carbonyl (C=O) groups excluding carboxylic acids is 4. The summed E-state index contributed by atoms with van der Waals surface area (Å²) in [5, 5.41) is 0. The van der Waals surface area contributed by atoms with Gasteiger partial charge < -0.3 is 14.4 Å². The minimum absolute atomic E-state index is 0.0475. The third-order valence-corrected chi connectivity index (χ3v) is 9.12. The molecule has 8 nitrogen and oxygen atoms in total. The van der Waals surface area contributed by atoms with Gasteiger partial charge >= 0.3 is 5.97 Å². The van der Waals surface area contributed by atoms with Crippen molar-refractivity contribution in [2.45, 2.75) is 19.8 Å². The molecule has 2 heterocycles. The third-order valence-electron chi connectivity index (χ3n) is 9.12. The molecule has 2 saturated heterocycles. The van der Waals surface area contributed by atoms with Crippen molar-refractivity contribution >= 4 is 35.1 Å². The molecular weight excluding hydrogens is 484 g/mol. The first-order chi connectivity index (χ1) is 18.4. The van der Waals surface area contributed by atoms with Crippen LogP contribution in [-0.2, 0) is 19.2 Å². The van der Waals surface area contributed by atoms with Crippen LogP contribution in [0.1, 0.15) is 18.4 Å². The molecule has 0 unspecified atom stereocenters. The lowest BCUT2D eigenvalue weighted by molar-refractivity contribution is -0.139. The Morgan fingerprint density at radius 3 is 2.26 bits per heavy atom. The molecule has 7 atom stereocenters. The fourth-order valence-corrected chi connectivity index (χ4v) is 7.29. The van der Waals surface area contributed by atoms with Crippen molar-refractivity contribution < 1.29 is 28.7 Å². The number of allylic oxidation sites excluding steroid dienone is 2. The fraction of sp³-hybridized carbons (Fsp3) is 0.400. The summed E-state index contributed by atoms with van der Waals surface area (Å²) in [6, 6.07) is 12.2. The molecule has 2 aromatic rings. The third kappa shape index (κ3) is 3.28. The molecular formula is C30H28N2O6. The number of carbonyl (C=O) groups is 4. The van der Waals surface area contributed by atoms with Crippen molar-refractivity contribution in [3.63, 3.8) is 0 Å². The van der Waals surface area contributed by atoms with Gasteiger partial charge in [0.15, 0.2) is 0 Å². The van der Waals surface area contributed by atoms with Crippen LogP contribution in [-0.4, -0.2) is 37.3 Å². The lowest BCUT2D eigenvalue weighted by Gasteiger charge is -2.37. The Morgan fingerprint density at radius 2 is 1.61 bits per heavy atom. The second-order valence-corrected chi connectivity index (χ2v) is 11.1. The molecule has 4 fully saturated rings. The summed E-state index contributed by atoms with van der Waals surface area (Å²) >= 11 is 0. The van der Waals surface area contributed by atoms with Gasteiger partial charge in [-0.05, 0) is 72.9 Å². The molecule has 2 aromatic carbocycles. The number of hydrogen-bond acceptors (Lipinski definition) is 6. The van der Waals surface area contributed by atoms with E-state index in [0.29, 0.717) is 40.3 Å². The number of para-hydroxylation sites is 2. The standard InChI is InChI=1S/C30H28N2O6/c1-15-11-17(38-30(36)16-12-25(33)31(14-16)23-5-3-4-6-24(23)37-2)7-10-22(15)32-28(34)26-18-8-9-19(21-13-20(18)21)27(26)29(32)35/h3-11,16,18-21,26-27H,12-14H2,1-2H3/t16-,18+,19+,20-,21+,26-,27-/m1/s1. The Hall–Kier alpha value is -3.94. The van der Waals surface area contributed by atoms with Crippen LogP contribution in [0.4, 0.5) is 11.4 Å². The molecule has 0 N–H and O–H groups in total. The topological polar surface area (TPSA) is 93.2 Å². The Kier molecular flexibility index (Phi) is 5.05. The van der Waals surface area contributed by atoms with Crippen LogP contribution < -0.4 is 19.3 Å². The van der Waals surface area contributed by atoms with Crippen LogP contribution in [0.5, 0.6) is 11.5 Å². The SMILES string of the molecule is COc1ccccc1N1C[C@H](C(=O)Oc2ccc(N3C(=O)[C@@H]4[C@H]5C=C[C@@H]([C@@H]6C[C@H]56)[C@H]4C3=O)c(C)c2)CC1=O. The van der Waals surface area contributed by atoms with Gasteiger partial charge in [-0.1, -0.05) is 24.3 Å². The number of amides is 3. The maximum atomic E-state index is 13.5. The summed E-state index contributed by atoms with van der Waals surface area (Å²) < 4.78 is 11.0. The second kappa shape index (κ2) is 8.28. The predicted octanol–water partition coefficient (Wildman–Crippen LogP) is 3.52. The van der Waals surface area contributed by atoms with E-state index in [2.05, 4.69) is 12.2 Å². The highest BCUT2D eigenvalue weighted by atomic mass is 16.5. The number of imide groups is 1. The van der Waals surface area contributed by atoms with Crippen LogP contribution >= 0.6 is 0 Å². The van der Waals surface area contributed by atoms with Crippen LogP contribution in [0.3, 0.4) is 0 Å². The smallest absolute Gasteiger partial charge is 0.316 e. The molecule has 8 rings (SSSR count). The first-order valence-corrected chi connectivity index (χ1v) is 13.2. The van der Waals surface area contributed by atoms with Crippen molar-refractivity contribution in [3.8, 4) is 11.5 Å². The number of esters is 1. The summed E-state index contributed by atoms with van der Waals surface area (Å²) in [5.74, 6) is 0.284. The molecule has 8 heteroatoms. The number of anilines is 2. The van der Waals surface area contributed by atoms with Crippen LogP contribution in [0.25, 0.3) is 0 Å². The second-order valence-electron chi connectivity index (χ2n) is 11.1. The summed E-state index contributed by atoms with van der Waals surface area (Å²) in [7, 11) is 1.54. The lowest BCUT2D eigenvalue weighted by Crippen LogP contribution is -2.40. The first-order valence-electron chi connectivity index (χ1n) is 13.2. The van der Waals surface area contributed by atoms with Gasteiger partial charge in [-0.2, -0.15) is 0 Å². The predicted molar refractivity (Wildman–Crippen MR) is 137 cm³/mol. The average Bonchev–Trinajstić information content (AvgIpc) is 3.60. The van der Waals surface area contributed by atoms with Crippen molar-refractivity contribution in [2.24, 2.45) is 41.4 Å². The normalized spacial score (nSPS) is 32.5. The molecule has 2 saturated carbocycles. The molecule has 2 aliphatic heterocycles. The van der Waals surface area contributed by atoms with E-state index >= 15 is 0 Å². The van der Waals surface area contributed by atoms with Gasteiger partial charge in [-0.25, -0.2) is 4.90 Å². The van der Waals surface area contributed by atoms with E-state index in [9.17, 15) is 19.2 Å². The summed E-state index contributed by atoms with van der Waals surface area (Å²) in [5.41, 5.74) is 1.84.